The van der Waals surface area contributed by atoms with Crippen molar-refractivity contribution in [2.75, 3.05) is 27.9 Å². The fourth-order valence-corrected chi connectivity index (χ4v) is 4.65. The van der Waals surface area contributed by atoms with Crippen LogP contribution in [0.2, 0.25) is 0 Å². The van der Waals surface area contributed by atoms with Gasteiger partial charge in [0.1, 0.15) is 5.69 Å². The van der Waals surface area contributed by atoms with E-state index in [9.17, 15) is 9.90 Å². The summed E-state index contributed by atoms with van der Waals surface area (Å²) in [6.45, 7) is 3.63. The zero-order valence-electron chi connectivity index (χ0n) is 21.1. The second-order valence-corrected chi connectivity index (χ2v) is 8.62. The van der Waals surface area contributed by atoms with Gasteiger partial charge in [-0.3, -0.25) is 0 Å². The number of nitrogens with one attached hydrogen (secondary N) is 1. The molecule has 4 aromatic rings. The van der Waals surface area contributed by atoms with Crippen molar-refractivity contribution in [2.24, 2.45) is 0 Å². The smallest absolute Gasteiger partial charge is 0.352 e. The topological polar surface area (TPSA) is 82.0 Å². The van der Waals surface area contributed by atoms with Crippen LogP contribution in [0.1, 0.15) is 32.7 Å². The van der Waals surface area contributed by atoms with Crippen molar-refractivity contribution in [3.63, 3.8) is 0 Å². The van der Waals surface area contributed by atoms with Crippen LogP contribution in [0, 0.1) is 6.92 Å². The van der Waals surface area contributed by atoms with E-state index in [0.29, 0.717) is 49.0 Å². The molecule has 7 heteroatoms. The Morgan fingerprint density at radius 2 is 1.61 bits per heavy atom. The van der Waals surface area contributed by atoms with Crippen LogP contribution in [0.25, 0.3) is 10.9 Å². The third kappa shape index (κ3) is 5.02. The average Bonchev–Trinajstić information content (AvgIpc) is 3.20. The van der Waals surface area contributed by atoms with Crippen LogP contribution in [0.15, 0.2) is 60.7 Å². The number of aromatic nitrogens is 1. The molecule has 0 aliphatic carbocycles. The standard InChI is InChI=1S/C29H32N2O5/c1-19-9-5-6-10-21(19)18-31-24-12-8-7-11-22(24)23(27(31)29(32)33)17-30-14-13-20-15-25(34-2)28(36-4)26(16-20)35-3/h5-12,15-16,30H,13-14,17-18H2,1-4H3,(H,32,33). The SMILES string of the molecule is COc1cc(CCNCc2c(C(=O)O)n(Cc3ccccc3C)c3ccccc23)cc(OC)c1OC. The second-order valence-electron chi connectivity index (χ2n) is 8.62. The molecule has 0 spiro atoms. The molecule has 1 heterocycles. The number of hydrogen-bond donors (Lipinski definition) is 2. The molecule has 0 atom stereocenters. The molecule has 0 saturated carbocycles. The zero-order chi connectivity index (χ0) is 25.7. The number of fused-ring (bicyclic) bond motifs is 1. The molecule has 1 aromatic heterocycles. The molecule has 0 amide bonds. The first-order valence-electron chi connectivity index (χ1n) is 11.9. The van der Waals surface area contributed by atoms with E-state index in [0.717, 1.165) is 33.2 Å². The number of hydrogen-bond acceptors (Lipinski definition) is 5. The summed E-state index contributed by atoms with van der Waals surface area (Å²) >= 11 is 0. The Labute approximate surface area is 211 Å². The molecule has 0 radical (unpaired) electrons. The highest BCUT2D eigenvalue weighted by Crippen LogP contribution is 2.38. The third-order valence-electron chi connectivity index (χ3n) is 6.48. The number of ether oxygens (including phenoxy) is 3. The molecule has 188 valence electrons. The largest absolute Gasteiger partial charge is 0.493 e. The van der Waals surface area contributed by atoms with E-state index in [4.69, 9.17) is 14.2 Å². The summed E-state index contributed by atoms with van der Waals surface area (Å²) < 4.78 is 18.2. The lowest BCUT2D eigenvalue weighted by molar-refractivity contribution is 0.0684. The Morgan fingerprint density at radius 1 is 0.944 bits per heavy atom. The lowest BCUT2D eigenvalue weighted by atomic mass is 10.1. The van der Waals surface area contributed by atoms with Crippen molar-refractivity contribution in [3.05, 3.63) is 88.6 Å². The molecule has 4 rings (SSSR count). The first kappa shape index (κ1) is 25.1. The Kier molecular flexibility index (Phi) is 7.80. The van der Waals surface area contributed by atoms with Crippen molar-refractivity contribution < 1.29 is 24.1 Å². The van der Waals surface area contributed by atoms with Crippen LogP contribution in [0.3, 0.4) is 0 Å². The summed E-state index contributed by atoms with van der Waals surface area (Å²) in [5.74, 6) is 0.851. The van der Waals surface area contributed by atoms with Crippen LogP contribution in [-0.4, -0.2) is 43.5 Å². The third-order valence-corrected chi connectivity index (χ3v) is 6.48. The van der Waals surface area contributed by atoms with Gasteiger partial charge < -0.3 is 29.2 Å². The molecular weight excluding hydrogens is 456 g/mol. The summed E-state index contributed by atoms with van der Waals surface area (Å²) in [5, 5.41) is 14.6. The number of rotatable bonds is 11. The molecule has 2 N–H and O–H groups in total. The van der Waals surface area contributed by atoms with Gasteiger partial charge in [0.05, 0.1) is 21.3 Å². The first-order chi connectivity index (χ1) is 17.5. The molecule has 0 aliphatic rings. The van der Waals surface area contributed by atoms with Gasteiger partial charge in [0, 0.05) is 29.6 Å². The Balaban J connectivity index is 1.58. The summed E-state index contributed by atoms with van der Waals surface area (Å²) in [7, 11) is 4.77. The first-order valence-corrected chi connectivity index (χ1v) is 11.9. The van der Waals surface area contributed by atoms with Crippen LogP contribution in [0.4, 0.5) is 0 Å². The minimum absolute atomic E-state index is 0.319. The van der Waals surface area contributed by atoms with Gasteiger partial charge in [-0.25, -0.2) is 4.79 Å². The van der Waals surface area contributed by atoms with E-state index < -0.39 is 5.97 Å². The molecule has 3 aromatic carbocycles. The van der Waals surface area contributed by atoms with E-state index in [2.05, 4.69) is 5.32 Å². The number of carboxylic acid groups (broad SMARTS) is 1. The Morgan fingerprint density at radius 3 is 2.25 bits per heavy atom. The lowest BCUT2D eigenvalue weighted by Gasteiger charge is -2.14. The number of carboxylic acids is 1. The maximum Gasteiger partial charge on any atom is 0.352 e. The predicted octanol–water partition coefficient (Wildman–Crippen LogP) is 5.05. The van der Waals surface area contributed by atoms with Crippen molar-refractivity contribution >= 4 is 16.9 Å². The minimum Gasteiger partial charge on any atom is -0.493 e. The van der Waals surface area contributed by atoms with E-state index in [1.54, 1.807) is 21.3 Å². The fourth-order valence-electron chi connectivity index (χ4n) is 4.65. The Hall–Kier alpha value is -3.97. The lowest BCUT2D eigenvalue weighted by Crippen LogP contribution is -2.19. The summed E-state index contributed by atoms with van der Waals surface area (Å²) in [4.78, 5) is 12.5. The molecule has 7 nitrogen and oxygen atoms in total. The molecule has 0 saturated heterocycles. The molecule has 0 aliphatic heterocycles. The average molecular weight is 489 g/mol. The van der Waals surface area contributed by atoms with Gasteiger partial charge in [-0.05, 0) is 54.8 Å². The van der Waals surface area contributed by atoms with Gasteiger partial charge in [-0.15, -0.1) is 0 Å². The van der Waals surface area contributed by atoms with Gasteiger partial charge in [-0.1, -0.05) is 42.5 Å². The number of para-hydroxylation sites is 1. The number of carbonyl (C=O) groups is 1. The van der Waals surface area contributed by atoms with E-state index in [1.807, 2.05) is 72.2 Å². The highest BCUT2D eigenvalue weighted by atomic mass is 16.5. The van der Waals surface area contributed by atoms with Crippen molar-refractivity contribution in [1.29, 1.82) is 0 Å². The highest BCUT2D eigenvalue weighted by Gasteiger charge is 2.22. The number of methoxy groups -OCH3 is 3. The number of benzene rings is 3. The predicted molar refractivity (Wildman–Crippen MR) is 141 cm³/mol. The molecule has 0 bridgehead atoms. The maximum atomic E-state index is 12.5. The van der Waals surface area contributed by atoms with Crippen LogP contribution >= 0.6 is 0 Å². The second kappa shape index (κ2) is 11.2. The van der Waals surface area contributed by atoms with Crippen LogP contribution in [-0.2, 0) is 19.5 Å². The summed E-state index contributed by atoms with van der Waals surface area (Å²) in [6.07, 6.45) is 0.709. The van der Waals surface area contributed by atoms with Crippen molar-refractivity contribution in [1.82, 2.24) is 9.88 Å². The van der Waals surface area contributed by atoms with Gasteiger partial charge in [-0.2, -0.15) is 0 Å². The number of aromatic carboxylic acids is 1. The summed E-state index contributed by atoms with van der Waals surface area (Å²) in [6, 6.07) is 19.8. The highest BCUT2D eigenvalue weighted by molar-refractivity contribution is 5.98. The molecule has 36 heavy (non-hydrogen) atoms. The number of nitrogens with zero attached hydrogens (tertiary/aromatic N) is 1. The molecule has 0 fully saturated rings. The number of aryl methyl sites for hydroxylation is 1. The maximum absolute atomic E-state index is 12.5. The van der Waals surface area contributed by atoms with E-state index in [1.165, 1.54) is 0 Å². The summed E-state index contributed by atoms with van der Waals surface area (Å²) in [5.41, 5.74) is 5.28. The zero-order valence-corrected chi connectivity index (χ0v) is 21.1. The van der Waals surface area contributed by atoms with Crippen molar-refractivity contribution in [2.45, 2.75) is 26.4 Å². The van der Waals surface area contributed by atoms with Crippen LogP contribution < -0.4 is 19.5 Å². The van der Waals surface area contributed by atoms with Gasteiger partial charge >= 0.3 is 5.97 Å². The van der Waals surface area contributed by atoms with Crippen molar-refractivity contribution in [3.8, 4) is 17.2 Å². The minimum atomic E-state index is -0.929. The van der Waals surface area contributed by atoms with Gasteiger partial charge in [0.2, 0.25) is 5.75 Å². The van der Waals surface area contributed by atoms with E-state index >= 15 is 0 Å². The Bertz CT molecular complexity index is 1350. The van der Waals surface area contributed by atoms with Gasteiger partial charge in [0.15, 0.2) is 11.5 Å². The normalized spacial score (nSPS) is 11.0. The quantitative estimate of drug-likeness (QED) is 0.288. The monoisotopic (exact) mass is 488 g/mol. The van der Waals surface area contributed by atoms with E-state index in [-0.39, 0.29) is 0 Å². The fraction of sp³-hybridized carbons (Fsp3) is 0.276. The van der Waals surface area contributed by atoms with Crippen LogP contribution in [0.5, 0.6) is 17.2 Å². The molecule has 0 unspecified atom stereocenters. The molecular formula is C29H32N2O5. The van der Waals surface area contributed by atoms with Gasteiger partial charge in [0.25, 0.3) is 0 Å².